The Kier molecular flexibility index (Phi) is 3.56. The average Bonchev–Trinajstić information content (AvgIpc) is 2.36. The van der Waals surface area contributed by atoms with Gasteiger partial charge in [-0.05, 0) is 18.6 Å². The van der Waals surface area contributed by atoms with E-state index in [9.17, 15) is 0 Å². The van der Waals surface area contributed by atoms with Crippen LogP contribution < -0.4 is 0 Å². The highest BCUT2D eigenvalue weighted by Crippen LogP contribution is 2.15. The van der Waals surface area contributed by atoms with Crippen molar-refractivity contribution in [3.63, 3.8) is 0 Å². The van der Waals surface area contributed by atoms with E-state index in [2.05, 4.69) is 42.3 Å². The average molecular weight is 175 g/mol. The fourth-order valence-corrected chi connectivity index (χ4v) is 1.41. The summed E-state index contributed by atoms with van der Waals surface area (Å²) in [5, 5.41) is 0. The third kappa shape index (κ3) is 2.35. The van der Waals surface area contributed by atoms with Gasteiger partial charge >= 0.3 is 0 Å². The van der Waals surface area contributed by atoms with E-state index in [4.69, 9.17) is 0 Å². The number of hydrogen-bond acceptors (Lipinski definition) is 0. The van der Waals surface area contributed by atoms with Crippen molar-refractivity contribution in [3.05, 3.63) is 41.2 Å². The van der Waals surface area contributed by atoms with Crippen molar-refractivity contribution in [2.75, 3.05) is 0 Å². The lowest BCUT2D eigenvalue weighted by molar-refractivity contribution is 1.11. The van der Waals surface area contributed by atoms with Crippen LogP contribution in [0.15, 0.2) is 24.3 Å². The molecule has 0 aromatic carbocycles. The van der Waals surface area contributed by atoms with E-state index in [0.29, 0.717) is 0 Å². The highest BCUT2D eigenvalue weighted by atomic mass is 14.7. The van der Waals surface area contributed by atoms with Gasteiger partial charge in [0.1, 0.15) is 0 Å². The first-order valence-corrected chi connectivity index (χ1v) is 4.88. The molecule has 0 atom stereocenters. The van der Waals surface area contributed by atoms with Gasteiger partial charge in [0.05, 0.1) is 0 Å². The molecule has 0 spiro atoms. The van der Waals surface area contributed by atoms with E-state index in [-0.39, 0.29) is 0 Å². The van der Waals surface area contributed by atoms with Crippen molar-refractivity contribution in [2.24, 2.45) is 0 Å². The first-order chi connectivity index (χ1) is 6.36. The first-order valence-electron chi connectivity index (χ1n) is 4.88. The van der Waals surface area contributed by atoms with E-state index in [0.717, 1.165) is 6.42 Å². The van der Waals surface area contributed by atoms with Crippen molar-refractivity contribution < 1.29 is 0 Å². The molecule has 1 nitrogen and oxygen atoms in total. The minimum absolute atomic E-state index is 1.02. The van der Waals surface area contributed by atoms with Crippen LogP contribution in [0, 0.1) is 6.92 Å². The molecule has 0 amide bonds. The number of hydrogen-bond donors (Lipinski definition) is 1. The molecule has 1 aromatic heterocycles. The van der Waals surface area contributed by atoms with Gasteiger partial charge in [0, 0.05) is 17.8 Å². The second-order valence-corrected chi connectivity index (χ2v) is 2.88. The van der Waals surface area contributed by atoms with E-state index < -0.39 is 0 Å². The summed E-state index contributed by atoms with van der Waals surface area (Å²) in [5.41, 5.74) is 3.90. The van der Waals surface area contributed by atoms with Gasteiger partial charge in [-0.3, -0.25) is 0 Å². The van der Waals surface area contributed by atoms with Crippen molar-refractivity contribution >= 4 is 6.08 Å². The van der Waals surface area contributed by atoms with Crippen LogP contribution in [0.1, 0.15) is 30.8 Å². The van der Waals surface area contributed by atoms with Gasteiger partial charge in [-0.1, -0.05) is 38.2 Å². The minimum Gasteiger partial charge on any atom is -0.362 e. The molecule has 1 aliphatic rings. The van der Waals surface area contributed by atoms with Crippen LogP contribution in [0.5, 0.6) is 0 Å². The fourth-order valence-electron chi connectivity index (χ4n) is 1.41. The molecule has 0 unspecified atom stereocenters. The van der Waals surface area contributed by atoms with Crippen molar-refractivity contribution in [1.82, 2.24) is 4.98 Å². The lowest BCUT2D eigenvalue weighted by Crippen LogP contribution is -1.82. The molecule has 70 valence electrons. The van der Waals surface area contributed by atoms with E-state index in [1.165, 1.54) is 17.0 Å². The lowest BCUT2D eigenvalue weighted by atomic mass is 10.2. The van der Waals surface area contributed by atoms with Gasteiger partial charge in [-0.2, -0.15) is 0 Å². The first kappa shape index (κ1) is 9.85. The number of fused-ring (bicyclic) bond motifs is 1. The molecule has 1 aliphatic carbocycles. The zero-order valence-corrected chi connectivity index (χ0v) is 8.59. The standard InChI is InChI=1S/C10H11N.C2H6/c1-8-7-9-5-3-2-4-6-10(9)11-8;1-2/h2-5,7,11H,6H2,1H3;1-2H3. The van der Waals surface area contributed by atoms with Gasteiger partial charge in [0.2, 0.25) is 0 Å². The molecule has 0 aliphatic heterocycles. The fraction of sp³-hybridized carbons (Fsp3) is 0.333. The quantitative estimate of drug-likeness (QED) is 0.621. The highest BCUT2D eigenvalue weighted by molar-refractivity contribution is 5.56. The van der Waals surface area contributed by atoms with Gasteiger partial charge in [-0.25, -0.2) is 0 Å². The summed E-state index contributed by atoms with van der Waals surface area (Å²) < 4.78 is 0. The monoisotopic (exact) mass is 175 g/mol. The topological polar surface area (TPSA) is 15.8 Å². The van der Waals surface area contributed by atoms with Crippen LogP contribution in [0.4, 0.5) is 0 Å². The van der Waals surface area contributed by atoms with Crippen LogP contribution in [0.2, 0.25) is 0 Å². The summed E-state index contributed by atoms with van der Waals surface area (Å²) in [4.78, 5) is 3.33. The molecular formula is C12H17N. The number of aromatic nitrogens is 1. The number of rotatable bonds is 0. The number of allylic oxidation sites excluding steroid dienone is 3. The SMILES string of the molecule is CC.Cc1cc2c([nH]1)CC=CC=C2. The van der Waals surface area contributed by atoms with Crippen molar-refractivity contribution in [3.8, 4) is 0 Å². The van der Waals surface area contributed by atoms with Gasteiger partial charge in [-0.15, -0.1) is 0 Å². The molecule has 1 N–H and O–H groups in total. The molecule has 0 bridgehead atoms. The second-order valence-electron chi connectivity index (χ2n) is 2.88. The molecule has 0 radical (unpaired) electrons. The number of aromatic amines is 1. The van der Waals surface area contributed by atoms with Crippen LogP contribution in [-0.4, -0.2) is 4.98 Å². The van der Waals surface area contributed by atoms with Crippen LogP contribution >= 0.6 is 0 Å². The van der Waals surface area contributed by atoms with Crippen LogP contribution in [-0.2, 0) is 6.42 Å². The smallest absolute Gasteiger partial charge is 0.0261 e. The van der Waals surface area contributed by atoms with Crippen LogP contribution in [0.25, 0.3) is 6.08 Å². The molecule has 0 saturated carbocycles. The zero-order valence-electron chi connectivity index (χ0n) is 8.59. The predicted octanol–water partition coefficient (Wildman–Crippen LogP) is 3.47. The predicted molar refractivity (Wildman–Crippen MR) is 58.8 cm³/mol. The number of H-pyrrole nitrogens is 1. The van der Waals surface area contributed by atoms with Gasteiger partial charge in [0.25, 0.3) is 0 Å². The Morgan fingerprint density at radius 2 is 2.00 bits per heavy atom. The third-order valence-electron chi connectivity index (χ3n) is 1.91. The van der Waals surface area contributed by atoms with Gasteiger partial charge < -0.3 is 4.98 Å². The maximum absolute atomic E-state index is 3.33. The maximum Gasteiger partial charge on any atom is 0.0261 e. The molecule has 13 heavy (non-hydrogen) atoms. The summed E-state index contributed by atoms with van der Waals surface area (Å²) in [7, 11) is 0. The summed E-state index contributed by atoms with van der Waals surface area (Å²) in [6.45, 7) is 6.09. The summed E-state index contributed by atoms with van der Waals surface area (Å²) in [5.74, 6) is 0. The minimum atomic E-state index is 1.02. The molecule has 1 aromatic rings. The Hall–Kier alpha value is -1.24. The maximum atomic E-state index is 3.33. The van der Waals surface area contributed by atoms with E-state index >= 15 is 0 Å². The Morgan fingerprint density at radius 1 is 1.23 bits per heavy atom. The molecular weight excluding hydrogens is 158 g/mol. The Labute approximate surface area is 80.2 Å². The molecule has 0 saturated heterocycles. The summed E-state index contributed by atoms with van der Waals surface area (Å²) in [6.07, 6.45) is 9.50. The van der Waals surface area contributed by atoms with Crippen LogP contribution in [0.3, 0.4) is 0 Å². The van der Waals surface area contributed by atoms with E-state index in [1.54, 1.807) is 0 Å². The third-order valence-corrected chi connectivity index (χ3v) is 1.91. The number of aryl methyl sites for hydroxylation is 1. The Morgan fingerprint density at radius 3 is 2.77 bits per heavy atom. The Bertz CT molecular complexity index is 316. The summed E-state index contributed by atoms with van der Waals surface area (Å²) >= 11 is 0. The second kappa shape index (κ2) is 4.70. The van der Waals surface area contributed by atoms with Crippen molar-refractivity contribution in [2.45, 2.75) is 27.2 Å². The van der Waals surface area contributed by atoms with E-state index in [1.807, 2.05) is 13.8 Å². The molecule has 0 fully saturated rings. The normalized spacial score (nSPS) is 12.8. The zero-order chi connectivity index (χ0) is 9.68. The lowest BCUT2D eigenvalue weighted by Gasteiger charge is -1.91. The number of nitrogens with one attached hydrogen (secondary N) is 1. The highest BCUT2D eigenvalue weighted by Gasteiger charge is 2.02. The molecule has 1 heteroatoms. The van der Waals surface area contributed by atoms with Crippen molar-refractivity contribution in [1.29, 1.82) is 0 Å². The Balaban J connectivity index is 0.000000396. The van der Waals surface area contributed by atoms with Gasteiger partial charge in [0.15, 0.2) is 0 Å². The molecule has 1 heterocycles. The summed E-state index contributed by atoms with van der Waals surface area (Å²) in [6, 6.07) is 2.18. The molecule has 2 rings (SSSR count). The largest absolute Gasteiger partial charge is 0.362 e.